The molecule has 6 heteroatoms. The molecule has 1 aromatic heterocycles. The first-order valence-electron chi connectivity index (χ1n) is 6.50. The summed E-state index contributed by atoms with van der Waals surface area (Å²) in [5, 5.41) is 2.89. The van der Waals surface area contributed by atoms with E-state index in [-0.39, 0.29) is 17.9 Å². The molecule has 0 aromatic carbocycles. The first kappa shape index (κ1) is 12.6. The first-order chi connectivity index (χ1) is 9.00. The normalized spacial score (nSPS) is 26.4. The molecule has 0 radical (unpaired) electrons. The second kappa shape index (κ2) is 4.30. The van der Waals surface area contributed by atoms with Crippen LogP contribution >= 0.6 is 11.3 Å². The van der Waals surface area contributed by atoms with Crippen LogP contribution in [0.5, 0.6) is 0 Å². The molecular formula is C13H17N3O2S. The lowest BCUT2D eigenvalue weighted by molar-refractivity contribution is -0.156. The Labute approximate surface area is 116 Å². The summed E-state index contributed by atoms with van der Waals surface area (Å²) in [4.78, 5) is 31.5. The number of nitrogens with zero attached hydrogens (tertiary/aromatic N) is 2. The number of aromatic nitrogens is 1. The molecule has 2 fully saturated rings. The number of amides is 2. The third-order valence-corrected chi connectivity index (χ3v) is 4.70. The summed E-state index contributed by atoms with van der Waals surface area (Å²) < 4.78 is 0. The zero-order valence-corrected chi connectivity index (χ0v) is 11.9. The molecule has 1 N–H and O–H groups in total. The van der Waals surface area contributed by atoms with Crippen LogP contribution in [0.25, 0.3) is 0 Å². The first-order valence-corrected chi connectivity index (χ1v) is 7.38. The van der Waals surface area contributed by atoms with E-state index in [0.29, 0.717) is 12.5 Å². The summed E-state index contributed by atoms with van der Waals surface area (Å²) in [6, 6.07) is -0.326. The van der Waals surface area contributed by atoms with Crippen LogP contribution in [0, 0.1) is 5.92 Å². The van der Waals surface area contributed by atoms with Gasteiger partial charge in [0.25, 0.3) is 0 Å². The largest absolute Gasteiger partial charge is 0.342 e. The van der Waals surface area contributed by atoms with Crippen LogP contribution in [0.1, 0.15) is 31.6 Å². The zero-order valence-electron chi connectivity index (χ0n) is 11.0. The topological polar surface area (TPSA) is 62.3 Å². The highest BCUT2D eigenvalue weighted by Crippen LogP contribution is 2.37. The second-order valence-corrected chi connectivity index (χ2v) is 6.71. The van der Waals surface area contributed by atoms with Crippen LogP contribution in [0.15, 0.2) is 11.7 Å². The summed E-state index contributed by atoms with van der Waals surface area (Å²) in [6.45, 7) is 4.06. The van der Waals surface area contributed by atoms with Gasteiger partial charge >= 0.3 is 0 Å². The Balaban J connectivity index is 1.87. The van der Waals surface area contributed by atoms with Crippen molar-refractivity contribution in [3.63, 3.8) is 0 Å². The number of thiazole rings is 1. The van der Waals surface area contributed by atoms with Crippen LogP contribution in [0.3, 0.4) is 0 Å². The Morgan fingerprint density at radius 2 is 2.21 bits per heavy atom. The summed E-state index contributed by atoms with van der Waals surface area (Å²) in [5.41, 5.74) is 0.946. The van der Waals surface area contributed by atoms with Gasteiger partial charge in [-0.1, -0.05) is 0 Å². The molecule has 0 bridgehead atoms. The molecule has 5 nitrogen and oxygen atoms in total. The van der Waals surface area contributed by atoms with Crippen LogP contribution < -0.4 is 5.32 Å². The minimum Gasteiger partial charge on any atom is -0.342 e. The number of hydrogen-bond donors (Lipinski definition) is 1. The van der Waals surface area contributed by atoms with Gasteiger partial charge in [-0.05, 0) is 32.6 Å². The third kappa shape index (κ3) is 2.14. The lowest BCUT2D eigenvalue weighted by atomic mass is 9.94. The number of hydrogen-bond acceptors (Lipinski definition) is 4. The lowest BCUT2D eigenvalue weighted by Crippen LogP contribution is -2.68. The maximum absolute atomic E-state index is 12.6. The van der Waals surface area contributed by atoms with Gasteiger partial charge in [0.15, 0.2) is 0 Å². The number of carbonyl (C=O) groups is 2. The van der Waals surface area contributed by atoms with E-state index in [1.54, 1.807) is 30.5 Å². The Bertz CT molecular complexity index is 508. The van der Waals surface area contributed by atoms with E-state index >= 15 is 0 Å². The van der Waals surface area contributed by atoms with Crippen LogP contribution in [0.2, 0.25) is 0 Å². The van der Waals surface area contributed by atoms with Gasteiger partial charge < -0.3 is 10.2 Å². The minimum atomic E-state index is -0.799. The van der Waals surface area contributed by atoms with E-state index in [2.05, 4.69) is 10.3 Å². The van der Waals surface area contributed by atoms with Crippen molar-refractivity contribution < 1.29 is 9.59 Å². The predicted octanol–water partition coefficient (Wildman–Crippen LogP) is 1.16. The van der Waals surface area contributed by atoms with Crippen molar-refractivity contribution in [3.05, 3.63) is 16.6 Å². The van der Waals surface area contributed by atoms with Gasteiger partial charge in [0.2, 0.25) is 11.8 Å². The molecular weight excluding hydrogens is 262 g/mol. The van der Waals surface area contributed by atoms with Gasteiger partial charge in [-0.15, -0.1) is 11.3 Å². The van der Waals surface area contributed by atoms with E-state index < -0.39 is 5.54 Å². The molecule has 1 saturated carbocycles. The van der Waals surface area contributed by atoms with Gasteiger partial charge in [-0.2, -0.15) is 0 Å². The van der Waals surface area contributed by atoms with E-state index in [1.807, 2.05) is 0 Å². The summed E-state index contributed by atoms with van der Waals surface area (Å²) in [6.07, 6.45) is 3.82. The third-order valence-electron chi connectivity index (χ3n) is 3.94. The second-order valence-electron chi connectivity index (χ2n) is 5.74. The monoisotopic (exact) mass is 279 g/mol. The highest BCUT2D eigenvalue weighted by molar-refractivity contribution is 7.09. The minimum absolute atomic E-state index is 0.0421. The highest BCUT2D eigenvalue weighted by Gasteiger charge is 2.50. The highest BCUT2D eigenvalue weighted by atomic mass is 32.1. The van der Waals surface area contributed by atoms with Crippen LogP contribution in [-0.2, 0) is 16.1 Å². The molecule has 0 spiro atoms. The van der Waals surface area contributed by atoms with Crippen LogP contribution in [-0.4, -0.2) is 33.3 Å². The van der Waals surface area contributed by atoms with Gasteiger partial charge in [0, 0.05) is 11.1 Å². The van der Waals surface area contributed by atoms with Gasteiger partial charge in [0.05, 0.1) is 12.1 Å². The summed E-state index contributed by atoms with van der Waals surface area (Å²) in [7, 11) is 0. The molecule has 1 unspecified atom stereocenters. The number of rotatable bonds is 3. The van der Waals surface area contributed by atoms with Crippen molar-refractivity contribution in [2.45, 2.75) is 44.8 Å². The van der Waals surface area contributed by atoms with Crippen molar-refractivity contribution in [2.75, 3.05) is 0 Å². The maximum Gasteiger partial charge on any atom is 0.246 e. The van der Waals surface area contributed by atoms with Crippen molar-refractivity contribution in [3.8, 4) is 0 Å². The predicted molar refractivity (Wildman–Crippen MR) is 71.4 cm³/mol. The average Bonchev–Trinajstić information content (AvgIpc) is 3.07. The molecule has 1 saturated heterocycles. The standard InChI is InChI=1S/C13H17N3O2S/c1-13(2)12(18)15-10(8-3-4-8)11(17)16(13)6-9-5-14-7-19-9/h5,7-8,10H,3-4,6H2,1-2H3,(H,15,18). The molecule has 102 valence electrons. The molecule has 1 aromatic rings. The number of nitrogens with one attached hydrogen (secondary N) is 1. The number of carbonyl (C=O) groups excluding carboxylic acids is 2. The molecule has 1 aliphatic carbocycles. The Morgan fingerprint density at radius 3 is 2.79 bits per heavy atom. The molecule has 19 heavy (non-hydrogen) atoms. The van der Waals surface area contributed by atoms with Crippen molar-refractivity contribution in [2.24, 2.45) is 5.92 Å². The summed E-state index contributed by atoms with van der Waals surface area (Å²) in [5.74, 6) is 0.311. The number of piperazine rings is 1. The zero-order chi connectivity index (χ0) is 13.6. The maximum atomic E-state index is 12.6. The smallest absolute Gasteiger partial charge is 0.246 e. The van der Waals surface area contributed by atoms with Gasteiger partial charge in [0.1, 0.15) is 11.6 Å². The Morgan fingerprint density at radius 1 is 1.47 bits per heavy atom. The SMILES string of the molecule is CC1(C)C(=O)NC(C2CC2)C(=O)N1Cc1cncs1. The van der Waals surface area contributed by atoms with Crippen LogP contribution in [0.4, 0.5) is 0 Å². The molecule has 3 rings (SSSR count). The average molecular weight is 279 g/mol. The fraction of sp³-hybridized carbons (Fsp3) is 0.615. The summed E-state index contributed by atoms with van der Waals surface area (Å²) >= 11 is 1.51. The van der Waals surface area contributed by atoms with E-state index in [4.69, 9.17) is 0 Å². The molecule has 2 amide bonds. The fourth-order valence-electron chi connectivity index (χ4n) is 2.45. The quantitative estimate of drug-likeness (QED) is 0.903. The van der Waals surface area contributed by atoms with Gasteiger partial charge in [-0.25, -0.2) is 0 Å². The fourth-order valence-corrected chi connectivity index (χ4v) is 3.03. The molecule has 2 heterocycles. The van der Waals surface area contributed by atoms with E-state index in [0.717, 1.165) is 17.7 Å². The molecule has 1 atom stereocenters. The van der Waals surface area contributed by atoms with Gasteiger partial charge in [-0.3, -0.25) is 14.6 Å². The van der Waals surface area contributed by atoms with Crippen molar-refractivity contribution >= 4 is 23.2 Å². The van der Waals surface area contributed by atoms with E-state index in [9.17, 15) is 9.59 Å². The van der Waals surface area contributed by atoms with Crippen molar-refractivity contribution in [1.82, 2.24) is 15.2 Å². The Hall–Kier alpha value is -1.43. The Kier molecular flexibility index (Phi) is 2.85. The van der Waals surface area contributed by atoms with E-state index in [1.165, 1.54) is 11.3 Å². The van der Waals surface area contributed by atoms with Crippen molar-refractivity contribution in [1.29, 1.82) is 0 Å². The molecule has 1 aliphatic heterocycles. The lowest BCUT2D eigenvalue weighted by Gasteiger charge is -2.44. The molecule has 2 aliphatic rings.